The average Bonchev–Trinajstić information content (AvgIpc) is 3.04. The number of furan rings is 1. The number of aromatic nitrogens is 1. The molecule has 0 spiro atoms. The highest BCUT2D eigenvalue weighted by Gasteiger charge is 2.07. The van der Waals surface area contributed by atoms with Gasteiger partial charge < -0.3 is 9.40 Å². The first kappa shape index (κ1) is 13.2. The molecule has 2 aromatic heterocycles. The van der Waals surface area contributed by atoms with Gasteiger partial charge in [-0.15, -0.1) is 0 Å². The molecule has 2 heterocycles. The van der Waals surface area contributed by atoms with Crippen LogP contribution in [0.4, 0.5) is 0 Å². The predicted molar refractivity (Wildman–Crippen MR) is 71.8 cm³/mol. The Balaban J connectivity index is 1.82. The van der Waals surface area contributed by atoms with Gasteiger partial charge in [0.25, 0.3) is 11.8 Å². The van der Waals surface area contributed by atoms with Crippen LogP contribution < -0.4 is 10.9 Å². The molecule has 0 aliphatic heterocycles. The van der Waals surface area contributed by atoms with Crippen LogP contribution in [0, 0.1) is 0 Å². The highest BCUT2D eigenvalue weighted by atomic mass is 79.9. The standard InChI is InChI=1S/C12H10BrN3O3/c13-8-6-10(14-7-8)12(18)16-15-11(17)4-3-9-2-1-5-19-9/h1-7,14H,(H,15,17)(H,16,18)/b4-3+. The Morgan fingerprint density at radius 3 is 2.84 bits per heavy atom. The first-order chi connectivity index (χ1) is 9.15. The van der Waals surface area contributed by atoms with E-state index in [4.69, 9.17) is 4.42 Å². The van der Waals surface area contributed by atoms with Crippen molar-refractivity contribution in [2.75, 3.05) is 0 Å². The molecule has 2 rings (SSSR count). The van der Waals surface area contributed by atoms with Crippen molar-refractivity contribution in [3.05, 3.63) is 52.7 Å². The lowest BCUT2D eigenvalue weighted by Crippen LogP contribution is -2.40. The second kappa shape index (κ2) is 6.05. The van der Waals surface area contributed by atoms with E-state index in [-0.39, 0.29) is 0 Å². The van der Waals surface area contributed by atoms with Gasteiger partial charge in [0.05, 0.1) is 6.26 Å². The third-order valence-electron chi connectivity index (χ3n) is 2.13. The van der Waals surface area contributed by atoms with Crippen molar-refractivity contribution < 1.29 is 14.0 Å². The Bertz CT molecular complexity index is 602. The SMILES string of the molecule is O=C(/C=C/c1ccco1)NNC(=O)c1cc(Br)c[nH]1. The number of nitrogens with one attached hydrogen (secondary N) is 3. The van der Waals surface area contributed by atoms with Gasteiger partial charge in [0.1, 0.15) is 11.5 Å². The monoisotopic (exact) mass is 323 g/mol. The van der Waals surface area contributed by atoms with Gasteiger partial charge in [0.2, 0.25) is 0 Å². The Hall–Kier alpha value is -2.28. The number of carbonyl (C=O) groups is 2. The number of halogens is 1. The molecule has 0 fully saturated rings. The lowest BCUT2D eigenvalue weighted by molar-refractivity contribution is -0.117. The van der Waals surface area contributed by atoms with E-state index >= 15 is 0 Å². The second-order valence-electron chi connectivity index (χ2n) is 3.52. The molecule has 98 valence electrons. The number of hydrogen-bond donors (Lipinski definition) is 3. The van der Waals surface area contributed by atoms with Crippen LogP contribution >= 0.6 is 15.9 Å². The lowest BCUT2D eigenvalue weighted by Gasteiger charge is -2.02. The zero-order valence-electron chi connectivity index (χ0n) is 9.64. The molecule has 6 nitrogen and oxygen atoms in total. The Morgan fingerprint density at radius 2 is 2.21 bits per heavy atom. The van der Waals surface area contributed by atoms with Crippen LogP contribution in [0.1, 0.15) is 16.2 Å². The number of amides is 2. The van der Waals surface area contributed by atoms with Crippen molar-refractivity contribution in [2.45, 2.75) is 0 Å². The third kappa shape index (κ3) is 3.85. The Morgan fingerprint density at radius 1 is 1.37 bits per heavy atom. The maximum atomic E-state index is 11.6. The summed E-state index contributed by atoms with van der Waals surface area (Å²) in [6.45, 7) is 0. The number of rotatable bonds is 3. The summed E-state index contributed by atoms with van der Waals surface area (Å²) in [5.41, 5.74) is 4.86. The van der Waals surface area contributed by atoms with Crippen LogP contribution in [-0.4, -0.2) is 16.8 Å². The number of hydrazine groups is 1. The normalized spacial score (nSPS) is 10.6. The molecule has 0 saturated carbocycles. The van der Waals surface area contributed by atoms with E-state index in [1.807, 2.05) is 0 Å². The molecule has 0 aromatic carbocycles. The zero-order valence-corrected chi connectivity index (χ0v) is 11.2. The molecule has 0 aliphatic carbocycles. The van der Waals surface area contributed by atoms with Crippen LogP contribution in [0.3, 0.4) is 0 Å². The summed E-state index contributed by atoms with van der Waals surface area (Å²) in [7, 11) is 0. The van der Waals surface area contributed by atoms with Gasteiger partial charge in [0.15, 0.2) is 0 Å². The fourth-order valence-corrected chi connectivity index (χ4v) is 1.61. The van der Waals surface area contributed by atoms with Crippen LogP contribution in [0.15, 0.2) is 45.6 Å². The lowest BCUT2D eigenvalue weighted by atomic mass is 10.4. The van der Waals surface area contributed by atoms with E-state index in [1.54, 1.807) is 24.4 Å². The molecule has 0 unspecified atom stereocenters. The minimum Gasteiger partial charge on any atom is -0.465 e. The fraction of sp³-hybridized carbons (Fsp3) is 0. The van der Waals surface area contributed by atoms with Crippen molar-refractivity contribution in [3.8, 4) is 0 Å². The van der Waals surface area contributed by atoms with Gasteiger partial charge in [-0.25, -0.2) is 0 Å². The number of hydrogen-bond acceptors (Lipinski definition) is 3. The van der Waals surface area contributed by atoms with E-state index < -0.39 is 11.8 Å². The Labute approximate surface area is 117 Å². The van der Waals surface area contributed by atoms with Crippen molar-refractivity contribution in [1.82, 2.24) is 15.8 Å². The number of carbonyl (C=O) groups excluding carboxylic acids is 2. The summed E-state index contributed by atoms with van der Waals surface area (Å²) < 4.78 is 5.77. The van der Waals surface area contributed by atoms with E-state index in [9.17, 15) is 9.59 Å². The summed E-state index contributed by atoms with van der Waals surface area (Å²) in [5.74, 6) is -0.351. The summed E-state index contributed by atoms with van der Waals surface area (Å²) in [4.78, 5) is 25.7. The summed E-state index contributed by atoms with van der Waals surface area (Å²) in [6.07, 6.45) is 5.87. The molecule has 0 bridgehead atoms. The molecule has 0 saturated heterocycles. The van der Waals surface area contributed by atoms with Crippen LogP contribution in [0.2, 0.25) is 0 Å². The topological polar surface area (TPSA) is 87.1 Å². The molecule has 0 aliphatic rings. The summed E-state index contributed by atoms with van der Waals surface area (Å²) in [6, 6.07) is 5.02. The van der Waals surface area contributed by atoms with E-state index in [0.29, 0.717) is 11.5 Å². The summed E-state index contributed by atoms with van der Waals surface area (Å²) in [5, 5.41) is 0. The first-order valence-electron chi connectivity index (χ1n) is 5.31. The maximum Gasteiger partial charge on any atom is 0.286 e. The van der Waals surface area contributed by atoms with Gasteiger partial charge in [-0.1, -0.05) is 0 Å². The van der Waals surface area contributed by atoms with Crippen LogP contribution in [0.5, 0.6) is 0 Å². The molecule has 0 radical (unpaired) electrons. The number of H-pyrrole nitrogens is 1. The molecule has 3 N–H and O–H groups in total. The predicted octanol–water partition coefficient (Wildman–Crippen LogP) is 1.84. The molecular formula is C12H10BrN3O3. The third-order valence-corrected chi connectivity index (χ3v) is 2.59. The van der Waals surface area contributed by atoms with Gasteiger partial charge in [-0.3, -0.25) is 20.4 Å². The van der Waals surface area contributed by atoms with Gasteiger partial charge in [-0.05, 0) is 40.2 Å². The van der Waals surface area contributed by atoms with Crippen LogP contribution in [0.25, 0.3) is 6.08 Å². The number of aromatic amines is 1. The molecular weight excluding hydrogens is 314 g/mol. The van der Waals surface area contributed by atoms with E-state index in [1.165, 1.54) is 18.4 Å². The van der Waals surface area contributed by atoms with E-state index in [2.05, 4.69) is 31.8 Å². The molecule has 7 heteroatoms. The van der Waals surface area contributed by atoms with Crippen LogP contribution in [-0.2, 0) is 4.79 Å². The minimum absolute atomic E-state index is 0.335. The van der Waals surface area contributed by atoms with E-state index in [0.717, 1.165) is 4.47 Å². The van der Waals surface area contributed by atoms with Gasteiger partial charge in [-0.2, -0.15) is 0 Å². The van der Waals surface area contributed by atoms with Crippen molar-refractivity contribution in [1.29, 1.82) is 0 Å². The quantitative estimate of drug-likeness (QED) is 0.595. The van der Waals surface area contributed by atoms with Crippen molar-refractivity contribution in [3.63, 3.8) is 0 Å². The largest absolute Gasteiger partial charge is 0.465 e. The molecule has 2 amide bonds. The minimum atomic E-state index is -0.463. The molecule has 0 atom stereocenters. The first-order valence-corrected chi connectivity index (χ1v) is 6.10. The van der Waals surface area contributed by atoms with Crippen molar-refractivity contribution in [2.24, 2.45) is 0 Å². The van der Waals surface area contributed by atoms with Crippen molar-refractivity contribution >= 4 is 33.8 Å². The zero-order chi connectivity index (χ0) is 13.7. The average molecular weight is 324 g/mol. The van der Waals surface area contributed by atoms with Gasteiger partial charge in [0, 0.05) is 16.7 Å². The smallest absolute Gasteiger partial charge is 0.286 e. The highest BCUT2D eigenvalue weighted by molar-refractivity contribution is 9.10. The highest BCUT2D eigenvalue weighted by Crippen LogP contribution is 2.09. The Kier molecular flexibility index (Phi) is 4.19. The summed E-state index contributed by atoms with van der Waals surface area (Å²) >= 11 is 3.21. The molecule has 19 heavy (non-hydrogen) atoms. The molecule has 2 aromatic rings. The van der Waals surface area contributed by atoms with Gasteiger partial charge >= 0.3 is 0 Å². The second-order valence-corrected chi connectivity index (χ2v) is 4.44. The maximum absolute atomic E-state index is 11.6. The fourth-order valence-electron chi connectivity index (χ4n) is 1.27.